The van der Waals surface area contributed by atoms with E-state index < -0.39 is 0 Å². The van der Waals surface area contributed by atoms with Crippen molar-refractivity contribution in [2.24, 2.45) is 5.92 Å². The van der Waals surface area contributed by atoms with Crippen LogP contribution in [0, 0.1) is 12.8 Å². The normalized spacial score (nSPS) is 21.1. The van der Waals surface area contributed by atoms with E-state index in [1.165, 1.54) is 24.8 Å². The van der Waals surface area contributed by atoms with Gasteiger partial charge in [-0.1, -0.05) is 30.2 Å². The van der Waals surface area contributed by atoms with Crippen molar-refractivity contribution >= 4 is 0 Å². The van der Waals surface area contributed by atoms with Crippen LogP contribution in [0.25, 0.3) is 0 Å². The van der Waals surface area contributed by atoms with Crippen molar-refractivity contribution in [1.29, 1.82) is 0 Å². The number of unbranched alkanes of at least 4 members (excludes halogenated alkanes) is 2. The van der Waals surface area contributed by atoms with Gasteiger partial charge in [-0.15, -0.1) is 6.58 Å². The van der Waals surface area contributed by atoms with Gasteiger partial charge in [0.1, 0.15) is 5.75 Å². The molecule has 1 aliphatic heterocycles. The SMILES string of the molecule is C=CCCCCC1COC(CCCOc2ccc(C)cc2)OC1. The highest BCUT2D eigenvalue weighted by molar-refractivity contribution is 5.26. The Balaban J connectivity index is 1.51. The Kier molecular flexibility index (Phi) is 8.19. The second kappa shape index (κ2) is 10.5. The van der Waals surface area contributed by atoms with Gasteiger partial charge in [-0.3, -0.25) is 0 Å². The summed E-state index contributed by atoms with van der Waals surface area (Å²) in [6.45, 7) is 8.20. The van der Waals surface area contributed by atoms with E-state index in [-0.39, 0.29) is 6.29 Å². The Labute approximate surface area is 140 Å². The molecule has 3 nitrogen and oxygen atoms in total. The van der Waals surface area contributed by atoms with Crippen molar-refractivity contribution < 1.29 is 14.2 Å². The van der Waals surface area contributed by atoms with E-state index in [9.17, 15) is 0 Å². The van der Waals surface area contributed by atoms with Crippen LogP contribution in [-0.2, 0) is 9.47 Å². The molecule has 0 N–H and O–H groups in total. The highest BCUT2D eigenvalue weighted by Crippen LogP contribution is 2.20. The van der Waals surface area contributed by atoms with Crippen molar-refractivity contribution in [2.75, 3.05) is 19.8 Å². The fourth-order valence-corrected chi connectivity index (χ4v) is 2.71. The fourth-order valence-electron chi connectivity index (χ4n) is 2.71. The molecule has 1 aromatic carbocycles. The van der Waals surface area contributed by atoms with Crippen LogP contribution in [0.5, 0.6) is 5.75 Å². The Hall–Kier alpha value is -1.32. The minimum atomic E-state index is -0.0546. The summed E-state index contributed by atoms with van der Waals surface area (Å²) < 4.78 is 17.4. The molecule has 0 atom stereocenters. The minimum absolute atomic E-state index is 0.0546. The summed E-state index contributed by atoms with van der Waals surface area (Å²) in [4.78, 5) is 0. The third kappa shape index (κ3) is 7.19. The number of ether oxygens (including phenoxy) is 3. The summed E-state index contributed by atoms with van der Waals surface area (Å²) >= 11 is 0. The first-order valence-electron chi connectivity index (χ1n) is 8.81. The first-order chi connectivity index (χ1) is 11.3. The maximum absolute atomic E-state index is 5.82. The molecular formula is C20H30O3. The van der Waals surface area contributed by atoms with Gasteiger partial charge in [-0.25, -0.2) is 0 Å². The molecule has 128 valence electrons. The van der Waals surface area contributed by atoms with Crippen molar-refractivity contribution in [3.63, 3.8) is 0 Å². The Morgan fingerprint density at radius 3 is 2.52 bits per heavy atom. The summed E-state index contributed by atoms with van der Waals surface area (Å²) in [5, 5.41) is 0. The Morgan fingerprint density at radius 2 is 1.83 bits per heavy atom. The zero-order valence-corrected chi connectivity index (χ0v) is 14.3. The molecule has 2 rings (SSSR count). The lowest BCUT2D eigenvalue weighted by atomic mass is 10.0. The Bertz CT molecular complexity index is 433. The molecule has 23 heavy (non-hydrogen) atoms. The summed E-state index contributed by atoms with van der Waals surface area (Å²) in [5.41, 5.74) is 1.25. The average molecular weight is 318 g/mol. The molecule has 0 radical (unpaired) electrons. The predicted octanol–water partition coefficient (Wildman–Crippen LogP) is 4.89. The molecular weight excluding hydrogens is 288 g/mol. The summed E-state index contributed by atoms with van der Waals surface area (Å²) in [5.74, 6) is 1.49. The first-order valence-corrected chi connectivity index (χ1v) is 8.81. The minimum Gasteiger partial charge on any atom is -0.494 e. The number of benzene rings is 1. The van der Waals surface area contributed by atoms with Crippen LogP contribution in [0.2, 0.25) is 0 Å². The van der Waals surface area contributed by atoms with E-state index in [1.807, 2.05) is 18.2 Å². The molecule has 0 unspecified atom stereocenters. The van der Waals surface area contributed by atoms with Crippen LogP contribution < -0.4 is 4.74 Å². The quantitative estimate of drug-likeness (QED) is 0.454. The lowest BCUT2D eigenvalue weighted by Crippen LogP contribution is -2.32. The number of hydrogen-bond donors (Lipinski definition) is 0. The van der Waals surface area contributed by atoms with E-state index >= 15 is 0 Å². The van der Waals surface area contributed by atoms with Gasteiger partial charge < -0.3 is 14.2 Å². The van der Waals surface area contributed by atoms with E-state index in [0.29, 0.717) is 12.5 Å². The van der Waals surface area contributed by atoms with Gasteiger partial charge in [-0.05, 0) is 44.7 Å². The molecule has 1 aromatic rings. The predicted molar refractivity (Wildman–Crippen MR) is 93.8 cm³/mol. The third-order valence-electron chi connectivity index (χ3n) is 4.18. The van der Waals surface area contributed by atoms with E-state index in [4.69, 9.17) is 14.2 Å². The molecule has 0 amide bonds. The molecule has 3 heteroatoms. The largest absolute Gasteiger partial charge is 0.494 e. The van der Waals surface area contributed by atoms with Gasteiger partial charge in [-0.2, -0.15) is 0 Å². The van der Waals surface area contributed by atoms with Crippen LogP contribution >= 0.6 is 0 Å². The topological polar surface area (TPSA) is 27.7 Å². The van der Waals surface area contributed by atoms with Gasteiger partial charge in [0.15, 0.2) is 6.29 Å². The molecule has 0 bridgehead atoms. The monoisotopic (exact) mass is 318 g/mol. The van der Waals surface area contributed by atoms with Gasteiger partial charge in [0.25, 0.3) is 0 Å². The maximum atomic E-state index is 5.82. The van der Waals surface area contributed by atoms with Crippen molar-refractivity contribution in [2.45, 2.75) is 51.7 Å². The number of allylic oxidation sites excluding steroid dienone is 1. The van der Waals surface area contributed by atoms with Crippen molar-refractivity contribution in [3.05, 3.63) is 42.5 Å². The van der Waals surface area contributed by atoms with Gasteiger partial charge in [0.2, 0.25) is 0 Å². The second-order valence-electron chi connectivity index (χ2n) is 6.34. The standard InChI is InChI=1S/C20H30O3/c1-3-4-5-6-8-18-15-22-20(23-16-18)9-7-14-21-19-12-10-17(2)11-13-19/h3,10-13,18,20H,1,4-9,14-16H2,2H3. The number of rotatable bonds is 10. The van der Waals surface area contributed by atoms with Crippen molar-refractivity contribution in [1.82, 2.24) is 0 Å². The zero-order valence-electron chi connectivity index (χ0n) is 14.3. The van der Waals surface area contributed by atoms with E-state index in [2.05, 4.69) is 25.6 Å². The molecule has 1 aliphatic rings. The second-order valence-corrected chi connectivity index (χ2v) is 6.34. The molecule has 1 fully saturated rings. The Morgan fingerprint density at radius 1 is 1.09 bits per heavy atom. The smallest absolute Gasteiger partial charge is 0.157 e. The molecule has 0 aliphatic carbocycles. The van der Waals surface area contributed by atoms with Crippen LogP contribution in [0.3, 0.4) is 0 Å². The number of hydrogen-bond acceptors (Lipinski definition) is 3. The highest BCUT2D eigenvalue weighted by atomic mass is 16.7. The maximum Gasteiger partial charge on any atom is 0.157 e. The van der Waals surface area contributed by atoms with Crippen LogP contribution in [0.4, 0.5) is 0 Å². The summed E-state index contributed by atoms with van der Waals surface area (Å²) in [6.07, 6.45) is 8.54. The van der Waals surface area contributed by atoms with Crippen LogP contribution in [-0.4, -0.2) is 26.1 Å². The molecule has 0 saturated carbocycles. The zero-order chi connectivity index (χ0) is 16.3. The first kappa shape index (κ1) is 18.0. The average Bonchev–Trinajstić information content (AvgIpc) is 2.58. The molecule has 0 aromatic heterocycles. The summed E-state index contributed by atoms with van der Waals surface area (Å²) in [6, 6.07) is 8.16. The van der Waals surface area contributed by atoms with Crippen LogP contribution in [0.15, 0.2) is 36.9 Å². The molecule has 0 spiro atoms. The van der Waals surface area contributed by atoms with Gasteiger partial charge in [0.05, 0.1) is 19.8 Å². The van der Waals surface area contributed by atoms with Gasteiger partial charge in [0, 0.05) is 12.3 Å². The molecule has 1 heterocycles. The van der Waals surface area contributed by atoms with E-state index in [0.717, 1.165) is 38.2 Å². The summed E-state index contributed by atoms with van der Waals surface area (Å²) in [7, 11) is 0. The lowest BCUT2D eigenvalue weighted by Gasteiger charge is -2.29. The lowest BCUT2D eigenvalue weighted by molar-refractivity contribution is -0.204. The van der Waals surface area contributed by atoms with Gasteiger partial charge >= 0.3 is 0 Å². The van der Waals surface area contributed by atoms with E-state index in [1.54, 1.807) is 0 Å². The number of aryl methyl sites for hydroxylation is 1. The fraction of sp³-hybridized carbons (Fsp3) is 0.600. The molecule has 1 saturated heterocycles. The third-order valence-corrected chi connectivity index (χ3v) is 4.18. The van der Waals surface area contributed by atoms with Crippen LogP contribution in [0.1, 0.15) is 44.1 Å². The highest BCUT2D eigenvalue weighted by Gasteiger charge is 2.21. The van der Waals surface area contributed by atoms with Crippen molar-refractivity contribution in [3.8, 4) is 5.75 Å².